The van der Waals surface area contributed by atoms with Gasteiger partial charge in [-0.05, 0) is 31.0 Å². The molecule has 120 valence electrons. The molecule has 2 aromatic rings. The highest BCUT2D eigenvalue weighted by atomic mass is 16.2. The Hall–Kier alpha value is -2.62. The molecule has 2 amide bonds. The minimum absolute atomic E-state index is 0.108. The standard InChI is InChI=1S/C19H22N2O2/c1-19(14-17(20)22,13-15-9-5-3-6-10-15)21(2)18(23)16-11-7-4-8-12-16/h3-12H,13-14H2,1-2H3,(H2,20,22)/t19-/m0/s1. The molecule has 0 bridgehead atoms. The van der Waals surface area contributed by atoms with Crippen molar-refractivity contribution < 1.29 is 9.59 Å². The lowest BCUT2D eigenvalue weighted by molar-refractivity contribution is -0.120. The molecule has 0 spiro atoms. The van der Waals surface area contributed by atoms with Crippen LogP contribution in [0.3, 0.4) is 0 Å². The normalized spacial score (nSPS) is 13.1. The van der Waals surface area contributed by atoms with E-state index in [4.69, 9.17) is 5.73 Å². The fourth-order valence-corrected chi connectivity index (χ4v) is 2.73. The first-order valence-corrected chi connectivity index (χ1v) is 7.58. The average Bonchev–Trinajstić information content (AvgIpc) is 2.54. The molecule has 0 aliphatic rings. The number of hydrogen-bond acceptors (Lipinski definition) is 2. The van der Waals surface area contributed by atoms with Gasteiger partial charge in [0.15, 0.2) is 0 Å². The average molecular weight is 310 g/mol. The van der Waals surface area contributed by atoms with Crippen molar-refractivity contribution in [2.45, 2.75) is 25.3 Å². The maximum Gasteiger partial charge on any atom is 0.254 e. The van der Waals surface area contributed by atoms with Crippen LogP contribution >= 0.6 is 0 Å². The second-order valence-electron chi connectivity index (χ2n) is 6.03. The smallest absolute Gasteiger partial charge is 0.254 e. The van der Waals surface area contributed by atoms with Crippen LogP contribution in [-0.4, -0.2) is 29.3 Å². The summed E-state index contributed by atoms with van der Waals surface area (Å²) in [5.74, 6) is -0.540. The first-order chi connectivity index (χ1) is 10.9. The van der Waals surface area contributed by atoms with Crippen LogP contribution in [0.2, 0.25) is 0 Å². The van der Waals surface area contributed by atoms with Crippen LogP contribution in [0.4, 0.5) is 0 Å². The SMILES string of the molecule is CN(C(=O)c1ccccc1)[C@](C)(CC(N)=O)Cc1ccccc1. The van der Waals surface area contributed by atoms with Crippen LogP contribution < -0.4 is 5.73 Å². The fraction of sp³-hybridized carbons (Fsp3) is 0.263. The third-order valence-corrected chi connectivity index (χ3v) is 4.12. The number of nitrogens with zero attached hydrogens (tertiary/aromatic N) is 1. The summed E-state index contributed by atoms with van der Waals surface area (Å²) in [6.45, 7) is 1.89. The predicted molar refractivity (Wildman–Crippen MR) is 90.9 cm³/mol. The minimum Gasteiger partial charge on any atom is -0.370 e. The lowest BCUT2D eigenvalue weighted by Crippen LogP contribution is -2.51. The summed E-state index contributed by atoms with van der Waals surface area (Å²) < 4.78 is 0. The summed E-state index contributed by atoms with van der Waals surface area (Å²) in [4.78, 5) is 25.9. The summed E-state index contributed by atoms with van der Waals surface area (Å²) >= 11 is 0. The van der Waals surface area contributed by atoms with Crippen LogP contribution in [-0.2, 0) is 11.2 Å². The molecule has 0 aliphatic carbocycles. The van der Waals surface area contributed by atoms with E-state index in [1.54, 1.807) is 24.1 Å². The zero-order valence-corrected chi connectivity index (χ0v) is 13.5. The highest BCUT2D eigenvalue weighted by Crippen LogP contribution is 2.25. The van der Waals surface area contributed by atoms with Gasteiger partial charge in [-0.25, -0.2) is 0 Å². The lowest BCUT2D eigenvalue weighted by atomic mass is 9.87. The molecule has 0 radical (unpaired) electrons. The van der Waals surface area contributed by atoms with Crippen molar-refractivity contribution in [3.05, 3.63) is 71.8 Å². The van der Waals surface area contributed by atoms with Gasteiger partial charge in [0.1, 0.15) is 0 Å². The Kier molecular flexibility index (Phi) is 5.16. The molecule has 0 fully saturated rings. The van der Waals surface area contributed by atoms with Gasteiger partial charge in [-0.15, -0.1) is 0 Å². The van der Waals surface area contributed by atoms with Gasteiger partial charge in [0.25, 0.3) is 5.91 Å². The molecular weight excluding hydrogens is 288 g/mol. The zero-order chi connectivity index (χ0) is 16.9. The highest BCUT2D eigenvalue weighted by molar-refractivity contribution is 5.95. The summed E-state index contributed by atoms with van der Waals surface area (Å²) in [6, 6.07) is 18.8. The third kappa shape index (κ3) is 4.19. The van der Waals surface area contributed by atoms with Gasteiger partial charge in [-0.1, -0.05) is 48.5 Å². The van der Waals surface area contributed by atoms with Crippen molar-refractivity contribution in [3.63, 3.8) is 0 Å². The number of carbonyl (C=O) groups excluding carboxylic acids is 2. The van der Waals surface area contributed by atoms with E-state index in [-0.39, 0.29) is 12.3 Å². The van der Waals surface area contributed by atoms with Crippen molar-refractivity contribution in [3.8, 4) is 0 Å². The minimum atomic E-state index is -0.680. The van der Waals surface area contributed by atoms with Crippen LogP contribution in [0.1, 0.15) is 29.3 Å². The Balaban J connectivity index is 2.29. The molecule has 23 heavy (non-hydrogen) atoms. The number of rotatable bonds is 6. The van der Waals surface area contributed by atoms with E-state index in [9.17, 15) is 9.59 Å². The number of likely N-dealkylation sites (N-methyl/N-ethyl adjacent to an activating group) is 1. The second-order valence-corrected chi connectivity index (χ2v) is 6.03. The van der Waals surface area contributed by atoms with Crippen molar-refractivity contribution in [2.24, 2.45) is 5.73 Å². The first-order valence-electron chi connectivity index (χ1n) is 7.58. The maximum absolute atomic E-state index is 12.7. The summed E-state index contributed by atoms with van der Waals surface area (Å²) in [6.07, 6.45) is 0.669. The van der Waals surface area contributed by atoms with Crippen molar-refractivity contribution in [1.82, 2.24) is 4.90 Å². The monoisotopic (exact) mass is 310 g/mol. The molecule has 2 aromatic carbocycles. The van der Waals surface area contributed by atoms with Gasteiger partial charge in [0, 0.05) is 19.0 Å². The number of amides is 2. The largest absolute Gasteiger partial charge is 0.370 e. The Morgan fingerprint density at radius 3 is 2.04 bits per heavy atom. The molecule has 1 atom stereocenters. The summed E-state index contributed by atoms with van der Waals surface area (Å²) in [7, 11) is 1.72. The van der Waals surface area contributed by atoms with Crippen LogP contribution in [0, 0.1) is 0 Å². The van der Waals surface area contributed by atoms with Gasteiger partial charge in [-0.3, -0.25) is 9.59 Å². The number of primary amides is 1. The van der Waals surface area contributed by atoms with Gasteiger partial charge in [-0.2, -0.15) is 0 Å². The summed E-state index contributed by atoms with van der Waals surface area (Å²) in [5, 5.41) is 0. The van der Waals surface area contributed by atoms with Gasteiger partial charge >= 0.3 is 0 Å². The Morgan fingerprint density at radius 1 is 1.00 bits per heavy atom. The van der Waals surface area contributed by atoms with E-state index < -0.39 is 11.4 Å². The van der Waals surface area contributed by atoms with Gasteiger partial charge in [0.2, 0.25) is 5.91 Å². The Labute approximate surface area is 136 Å². The van der Waals surface area contributed by atoms with E-state index in [2.05, 4.69) is 0 Å². The van der Waals surface area contributed by atoms with E-state index in [0.717, 1.165) is 5.56 Å². The second kappa shape index (κ2) is 7.09. The topological polar surface area (TPSA) is 63.4 Å². The fourth-order valence-electron chi connectivity index (χ4n) is 2.73. The number of hydrogen-bond donors (Lipinski definition) is 1. The van der Waals surface area contributed by atoms with E-state index in [1.165, 1.54) is 0 Å². The van der Waals surface area contributed by atoms with Crippen molar-refractivity contribution >= 4 is 11.8 Å². The summed E-state index contributed by atoms with van der Waals surface area (Å²) in [5.41, 5.74) is 6.41. The molecule has 0 unspecified atom stereocenters. The highest BCUT2D eigenvalue weighted by Gasteiger charge is 2.35. The van der Waals surface area contributed by atoms with E-state index in [1.807, 2.05) is 55.5 Å². The lowest BCUT2D eigenvalue weighted by Gasteiger charge is -2.38. The van der Waals surface area contributed by atoms with Crippen molar-refractivity contribution in [2.75, 3.05) is 7.05 Å². The molecule has 4 nitrogen and oxygen atoms in total. The third-order valence-electron chi connectivity index (χ3n) is 4.12. The van der Waals surface area contributed by atoms with Gasteiger partial charge < -0.3 is 10.6 Å². The molecule has 0 aliphatic heterocycles. The van der Waals surface area contributed by atoms with Crippen LogP contribution in [0.25, 0.3) is 0 Å². The van der Waals surface area contributed by atoms with Crippen LogP contribution in [0.15, 0.2) is 60.7 Å². The van der Waals surface area contributed by atoms with Gasteiger partial charge in [0.05, 0.1) is 5.54 Å². The number of nitrogens with two attached hydrogens (primary N) is 1. The van der Waals surface area contributed by atoms with Crippen LogP contribution in [0.5, 0.6) is 0 Å². The predicted octanol–water partition coefficient (Wildman–Crippen LogP) is 2.64. The first kappa shape index (κ1) is 16.7. The Morgan fingerprint density at radius 2 is 1.52 bits per heavy atom. The maximum atomic E-state index is 12.7. The van der Waals surface area contributed by atoms with Crippen molar-refractivity contribution in [1.29, 1.82) is 0 Å². The van der Waals surface area contributed by atoms with E-state index >= 15 is 0 Å². The Bertz CT molecular complexity index is 670. The molecule has 0 aromatic heterocycles. The molecular formula is C19H22N2O2. The number of carbonyl (C=O) groups is 2. The number of benzene rings is 2. The van der Waals surface area contributed by atoms with E-state index in [0.29, 0.717) is 12.0 Å². The molecule has 2 rings (SSSR count). The molecule has 0 heterocycles. The zero-order valence-electron chi connectivity index (χ0n) is 13.5. The molecule has 2 N–H and O–H groups in total. The quantitative estimate of drug-likeness (QED) is 0.891. The molecule has 4 heteroatoms. The molecule has 0 saturated heterocycles. The molecule has 0 saturated carbocycles.